The maximum atomic E-state index is 11.7. The Labute approximate surface area is 86.0 Å². The number of benzene rings is 1. The Morgan fingerprint density at radius 1 is 1.40 bits per heavy atom. The van der Waals surface area contributed by atoms with Gasteiger partial charge in [-0.05, 0) is 5.56 Å². The second-order valence-corrected chi connectivity index (χ2v) is 3.20. The van der Waals surface area contributed by atoms with Crippen molar-refractivity contribution in [2.75, 3.05) is 0 Å². The van der Waals surface area contributed by atoms with Crippen LogP contribution < -0.4 is 11.2 Å². The topological polar surface area (TPSA) is 84.6 Å². The Balaban J connectivity index is 2.27. The largest absolute Gasteiger partial charge is 0.350 e. The summed E-state index contributed by atoms with van der Waals surface area (Å²) in [7, 11) is 0. The lowest BCUT2D eigenvalue weighted by molar-refractivity contribution is 0.106. The van der Waals surface area contributed by atoms with Crippen molar-refractivity contribution in [2.24, 2.45) is 10.8 Å². The highest BCUT2D eigenvalue weighted by Gasteiger charge is 2.25. The van der Waals surface area contributed by atoms with Gasteiger partial charge in [-0.25, -0.2) is 10.2 Å². The van der Waals surface area contributed by atoms with E-state index in [9.17, 15) is 9.59 Å². The van der Waals surface area contributed by atoms with Crippen molar-refractivity contribution in [1.29, 1.82) is 0 Å². The van der Waals surface area contributed by atoms with E-state index in [1.165, 1.54) is 0 Å². The fourth-order valence-corrected chi connectivity index (χ4v) is 1.52. The normalized spacial score (nSPS) is 16.5. The Hall–Kier alpha value is -2.17. The van der Waals surface area contributed by atoms with Crippen LogP contribution in [-0.2, 0) is 6.42 Å². The molecule has 0 heterocycles. The molecule has 0 atom stereocenters. The molecule has 0 unspecified atom stereocenters. The van der Waals surface area contributed by atoms with Crippen molar-refractivity contribution in [3.05, 3.63) is 35.4 Å². The average molecular weight is 203 g/mol. The summed E-state index contributed by atoms with van der Waals surface area (Å²) in [5, 5.41) is 3.66. The fraction of sp³-hybridized carbons (Fsp3) is 0.100. The molecule has 2 amide bonds. The zero-order chi connectivity index (χ0) is 10.8. The molecule has 0 saturated heterocycles. The van der Waals surface area contributed by atoms with Gasteiger partial charge in [-0.2, -0.15) is 5.10 Å². The van der Waals surface area contributed by atoms with E-state index in [0.717, 1.165) is 5.56 Å². The zero-order valence-electron chi connectivity index (χ0n) is 7.86. The summed E-state index contributed by atoms with van der Waals surface area (Å²) in [5.41, 5.74) is 8.79. The van der Waals surface area contributed by atoms with Gasteiger partial charge in [0.1, 0.15) is 5.71 Å². The highest BCUT2D eigenvalue weighted by Crippen LogP contribution is 2.19. The van der Waals surface area contributed by atoms with Crippen molar-refractivity contribution in [2.45, 2.75) is 6.42 Å². The van der Waals surface area contributed by atoms with Gasteiger partial charge in [-0.3, -0.25) is 4.79 Å². The van der Waals surface area contributed by atoms with Gasteiger partial charge < -0.3 is 5.73 Å². The third-order valence-electron chi connectivity index (χ3n) is 2.18. The van der Waals surface area contributed by atoms with Crippen molar-refractivity contribution in [3.63, 3.8) is 0 Å². The first-order valence-corrected chi connectivity index (χ1v) is 4.43. The first-order chi connectivity index (χ1) is 7.18. The van der Waals surface area contributed by atoms with Gasteiger partial charge in [-0.15, -0.1) is 0 Å². The quantitative estimate of drug-likeness (QED) is 0.649. The molecule has 0 aromatic heterocycles. The standard InChI is InChI=1S/C10H9N3O2/c11-10(15)13-12-8-5-6-3-1-2-4-7(6)9(8)14/h1-4H,5H2,(H3,11,13,15)/b12-8-. The summed E-state index contributed by atoms with van der Waals surface area (Å²) in [4.78, 5) is 22.1. The number of carbonyl (C=O) groups is 2. The molecular formula is C10H9N3O2. The first-order valence-electron chi connectivity index (χ1n) is 4.43. The predicted octanol–water partition coefficient (Wildman–Crippen LogP) is 0.450. The Bertz CT molecular complexity index is 465. The van der Waals surface area contributed by atoms with Crippen LogP contribution in [0.2, 0.25) is 0 Å². The monoisotopic (exact) mass is 203 g/mol. The van der Waals surface area contributed by atoms with Crippen molar-refractivity contribution in [3.8, 4) is 0 Å². The summed E-state index contributed by atoms with van der Waals surface area (Å²) in [5.74, 6) is -0.153. The van der Waals surface area contributed by atoms with Crippen LogP contribution in [0.4, 0.5) is 4.79 Å². The fourth-order valence-electron chi connectivity index (χ4n) is 1.52. The lowest BCUT2D eigenvalue weighted by atomic mass is 10.1. The number of hydrogen-bond acceptors (Lipinski definition) is 3. The van der Waals surface area contributed by atoms with Crippen LogP contribution in [0.15, 0.2) is 29.4 Å². The average Bonchev–Trinajstić information content (AvgIpc) is 2.54. The molecule has 5 heteroatoms. The Morgan fingerprint density at radius 3 is 2.80 bits per heavy atom. The second kappa shape index (κ2) is 3.53. The number of ketones is 1. The zero-order valence-corrected chi connectivity index (χ0v) is 7.86. The number of amides is 2. The molecule has 1 aromatic rings. The number of nitrogens with one attached hydrogen (secondary N) is 1. The summed E-state index contributed by atoms with van der Waals surface area (Å²) in [6, 6.07) is 6.48. The minimum Gasteiger partial charge on any atom is -0.350 e. The van der Waals surface area contributed by atoms with Gasteiger partial charge in [-0.1, -0.05) is 24.3 Å². The molecule has 0 bridgehead atoms. The molecule has 0 aliphatic heterocycles. The van der Waals surface area contributed by atoms with Crippen LogP contribution in [0.25, 0.3) is 0 Å². The van der Waals surface area contributed by atoms with Crippen LogP contribution in [-0.4, -0.2) is 17.5 Å². The second-order valence-electron chi connectivity index (χ2n) is 3.20. The number of hydrazone groups is 1. The van der Waals surface area contributed by atoms with E-state index in [-0.39, 0.29) is 5.78 Å². The lowest BCUT2D eigenvalue weighted by Crippen LogP contribution is -2.27. The molecular weight excluding hydrogens is 194 g/mol. The highest BCUT2D eigenvalue weighted by molar-refractivity contribution is 6.49. The number of fused-ring (bicyclic) bond motifs is 1. The molecule has 1 aliphatic carbocycles. The highest BCUT2D eigenvalue weighted by atomic mass is 16.2. The van der Waals surface area contributed by atoms with E-state index in [2.05, 4.69) is 10.5 Å². The third-order valence-corrected chi connectivity index (χ3v) is 2.18. The first kappa shape index (κ1) is 9.39. The van der Waals surface area contributed by atoms with Crippen molar-refractivity contribution < 1.29 is 9.59 Å². The van der Waals surface area contributed by atoms with E-state index in [0.29, 0.717) is 17.7 Å². The smallest absolute Gasteiger partial charge is 0.332 e. The molecule has 0 fully saturated rings. The summed E-state index contributed by atoms with van der Waals surface area (Å²) < 4.78 is 0. The lowest BCUT2D eigenvalue weighted by Gasteiger charge is -1.94. The molecule has 0 spiro atoms. The number of urea groups is 1. The number of nitrogens with zero attached hydrogens (tertiary/aromatic N) is 1. The summed E-state index contributed by atoms with van der Waals surface area (Å²) >= 11 is 0. The van der Waals surface area contributed by atoms with Crippen LogP contribution >= 0.6 is 0 Å². The van der Waals surface area contributed by atoms with Crippen LogP contribution in [0.5, 0.6) is 0 Å². The molecule has 0 radical (unpaired) electrons. The molecule has 76 valence electrons. The number of primary amides is 1. The van der Waals surface area contributed by atoms with E-state index >= 15 is 0 Å². The number of rotatable bonds is 1. The Morgan fingerprint density at radius 2 is 2.13 bits per heavy atom. The molecule has 15 heavy (non-hydrogen) atoms. The molecule has 0 saturated carbocycles. The third kappa shape index (κ3) is 1.71. The SMILES string of the molecule is NC(=O)N/N=C1/Cc2ccccc2C1=O. The minimum absolute atomic E-state index is 0.153. The van der Waals surface area contributed by atoms with Crippen LogP contribution in [0.1, 0.15) is 15.9 Å². The van der Waals surface area contributed by atoms with Gasteiger partial charge in [0, 0.05) is 12.0 Å². The van der Waals surface area contributed by atoms with Crippen molar-refractivity contribution >= 4 is 17.5 Å². The van der Waals surface area contributed by atoms with Gasteiger partial charge in [0.25, 0.3) is 0 Å². The van der Waals surface area contributed by atoms with Crippen molar-refractivity contribution in [1.82, 2.24) is 5.43 Å². The number of hydrogen-bond donors (Lipinski definition) is 2. The van der Waals surface area contributed by atoms with Crippen LogP contribution in [0.3, 0.4) is 0 Å². The summed E-state index contributed by atoms with van der Waals surface area (Å²) in [6.07, 6.45) is 0.440. The molecule has 2 rings (SSSR count). The van der Waals surface area contributed by atoms with Gasteiger partial charge in [0.15, 0.2) is 0 Å². The molecule has 3 N–H and O–H groups in total. The predicted molar refractivity (Wildman–Crippen MR) is 54.6 cm³/mol. The van der Waals surface area contributed by atoms with Gasteiger partial charge >= 0.3 is 6.03 Å². The van der Waals surface area contributed by atoms with Gasteiger partial charge in [0.2, 0.25) is 5.78 Å². The number of carbonyl (C=O) groups excluding carboxylic acids is 2. The van der Waals surface area contributed by atoms with E-state index in [4.69, 9.17) is 5.73 Å². The van der Waals surface area contributed by atoms with E-state index in [1.54, 1.807) is 12.1 Å². The van der Waals surface area contributed by atoms with Gasteiger partial charge in [0.05, 0.1) is 0 Å². The Kier molecular flexibility index (Phi) is 2.21. The minimum atomic E-state index is -0.772. The summed E-state index contributed by atoms with van der Waals surface area (Å²) in [6.45, 7) is 0. The number of Topliss-reactive ketones (excluding diaryl/α,β-unsaturated/α-hetero) is 1. The maximum absolute atomic E-state index is 11.7. The van der Waals surface area contributed by atoms with Crippen LogP contribution in [0, 0.1) is 0 Å². The molecule has 1 aliphatic rings. The maximum Gasteiger partial charge on any atom is 0.332 e. The molecule has 1 aromatic carbocycles. The molecule has 5 nitrogen and oxygen atoms in total. The van der Waals surface area contributed by atoms with E-state index in [1.807, 2.05) is 12.1 Å². The van der Waals surface area contributed by atoms with E-state index < -0.39 is 6.03 Å². The number of nitrogens with two attached hydrogens (primary N) is 1.